The largest absolute Gasteiger partial charge is 0.497 e. The number of carbonyl (C=O) groups is 1. The molecule has 86 valence electrons. The number of hydrogen-bond acceptors (Lipinski definition) is 2. The zero-order chi connectivity index (χ0) is 12.3. The topological polar surface area (TPSA) is 38.3 Å². The van der Waals surface area contributed by atoms with Gasteiger partial charge in [-0.15, -0.1) is 0 Å². The van der Waals surface area contributed by atoms with Gasteiger partial charge in [-0.3, -0.25) is 4.79 Å². The molecule has 1 N–H and O–H groups in total. The van der Waals surface area contributed by atoms with Crippen molar-refractivity contribution in [3.05, 3.63) is 18.2 Å². The molecule has 0 heterocycles. The van der Waals surface area contributed by atoms with Crippen LogP contribution in [0, 0.1) is 5.41 Å². The van der Waals surface area contributed by atoms with Crippen molar-refractivity contribution >= 4 is 24.9 Å². The summed E-state index contributed by atoms with van der Waals surface area (Å²) in [6.07, 6.45) is 0. The number of hydrogen-bond donors (Lipinski definition) is 1. The van der Waals surface area contributed by atoms with E-state index in [1.807, 2.05) is 46.8 Å². The van der Waals surface area contributed by atoms with Crippen molar-refractivity contribution < 1.29 is 9.53 Å². The fourth-order valence-electron chi connectivity index (χ4n) is 1.28. The average Bonchev–Trinajstić information content (AvgIpc) is 2.19. The fourth-order valence-corrected chi connectivity index (χ4v) is 1.28. The molecule has 1 aromatic rings. The molecule has 1 aromatic carbocycles. The summed E-state index contributed by atoms with van der Waals surface area (Å²) >= 11 is 0. The lowest BCUT2D eigenvalue weighted by molar-refractivity contribution is -0.123. The SMILES string of the molecule is Bc1c(NC(=O)C(C)(C)C)cccc1OC. The van der Waals surface area contributed by atoms with Gasteiger partial charge in [-0.1, -0.05) is 26.8 Å². The Bertz CT molecular complexity index is 396. The number of nitrogens with one attached hydrogen (secondary N) is 1. The molecular formula is C12H18BNO2. The summed E-state index contributed by atoms with van der Waals surface area (Å²) in [6.45, 7) is 5.66. The van der Waals surface area contributed by atoms with Gasteiger partial charge in [-0.25, -0.2) is 0 Å². The van der Waals surface area contributed by atoms with Crippen LogP contribution in [0.1, 0.15) is 20.8 Å². The first kappa shape index (κ1) is 12.6. The van der Waals surface area contributed by atoms with Crippen molar-refractivity contribution in [1.29, 1.82) is 0 Å². The third-order valence-electron chi connectivity index (χ3n) is 2.43. The van der Waals surface area contributed by atoms with E-state index in [1.54, 1.807) is 7.11 Å². The molecule has 0 aliphatic carbocycles. The van der Waals surface area contributed by atoms with Gasteiger partial charge in [0, 0.05) is 11.1 Å². The maximum atomic E-state index is 11.8. The maximum absolute atomic E-state index is 11.8. The number of anilines is 1. The highest BCUT2D eigenvalue weighted by Gasteiger charge is 2.21. The summed E-state index contributed by atoms with van der Waals surface area (Å²) in [4.78, 5) is 11.8. The van der Waals surface area contributed by atoms with Crippen LogP contribution in [-0.2, 0) is 4.79 Å². The Morgan fingerprint density at radius 1 is 1.38 bits per heavy atom. The minimum absolute atomic E-state index is 0.00357. The van der Waals surface area contributed by atoms with Crippen molar-refractivity contribution in [3.8, 4) is 5.75 Å². The summed E-state index contributed by atoms with van der Waals surface area (Å²) in [7, 11) is 3.55. The fraction of sp³-hybridized carbons (Fsp3) is 0.417. The Morgan fingerprint density at radius 3 is 2.50 bits per heavy atom. The van der Waals surface area contributed by atoms with E-state index in [1.165, 1.54) is 0 Å². The minimum atomic E-state index is -0.393. The summed E-state index contributed by atoms with van der Waals surface area (Å²) in [5.74, 6) is 0.788. The molecule has 0 spiro atoms. The van der Waals surface area contributed by atoms with E-state index in [4.69, 9.17) is 4.74 Å². The van der Waals surface area contributed by atoms with Crippen molar-refractivity contribution in [2.24, 2.45) is 5.41 Å². The van der Waals surface area contributed by atoms with Gasteiger partial charge in [0.1, 0.15) is 13.6 Å². The second-order valence-electron chi connectivity index (χ2n) is 4.84. The molecule has 3 nitrogen and oxygen atoms in total. The lowest BCUT2D eigenvalue weighted by Crippen LogP contribution is -2.30. The highest BCUT2D eigenvalue weighted by atomic mass is 16.5. The molecule has 0 fully saturated rings. The maximum Gasteiger partial charge on any atom is 0.229 e. The van der Waals surface area contributed by atoms with E-state index < -0.39 is 5.41 Å². The van der Waals surface area contributed by atoms with Crippen molar-refractivity contribution in [3.63, 3.8) is 0 Å². The second kappa shape index (κ2) is 4.60. The van der Waals surface area contributed by atoms with Crippen LogP contribution in [0.3, 0.4) is 0 Å². The van der Waals surface area contributed by atoms with E-state index in [0.29, 0.717) is 0 Å². The summed E-state index contributed by atoms with van der Waals surface area (Å²) < 4.78 is 5.20. The molecule has 0 unspecified atom stereocenters. The molecule has 4 heteroatoms. The Labute approximate surface area is 97.6 Å². The number of rotatable bonds is 2. The first-order chi connectivity index (χ1) is 7.36. The van der Waals surface area contributed by atoms with Gasteiger partial charge in [0.05, 0.1) is 7.11 Å². The Kier molecular flexibility index (Phi) is 3.63. The lowest BCUT2D eigenvalue weighted by atomic mass is 9.91. The zero-order valence-corrected chi connectivity index (χ0v) is 10.5. The molecule has 0 aromatic heterocycles. The monoisotopic (exact) mass is 219 g/mol. The van der Waals surface area contributed by atoms with Crippen LogP contribution in [0.5, 0.6) is 5.75 Å². The van der Waals surface area contributed by atoms with Crippen molar-refractivity contribution in [2.75, 3.05) is 12.4 Å². The van der Waals surface area contributed by atoms with Gasteiger partial charge in [0.25, 0.3) is 0 Å². The third kappa shape index (κ3) is 2.78. The van der Waals surface area contributed by atoms with E-state index in [0.717, 1.165) is 16.9 Å². The van der Waals surface area contributed by atoms with E-state index in [-0.39, 0.29) is 5.91 Å². The summed E-state index contributed by atoms with van der Waals surface area (Å²) in [6, 6.07) is 5.62. The van der Waals surface area contributed by atoms with Crippen molar-refractivity contribution in [2.45, 2.75) is 20.8 Å². The molecule has 0 saturated carbocycles. The highest BCUT2D eigenvalue weighted by molar-refractivity contribution is 6.38. The van der Waals surface area contributed by atoms with Crippen LogP contribution in [0.25, 0.3) is 0 Å². The molecule has 16 heavy (non-hydrogen) atoms. The number of carbonyl (C=O) groups excluding carboxylic acids is 1. The van der Waals surface area contributed by atoms with Gasteiger partial charge in [0.15, 0.2) is 0 Å². The van der Waals surface area contributed by atoms with Gasteiger partial charge < -0.3 is 10.1 Å². The summed E-state index contributed by atoms with van der Waals surface area (Å²) in [5.41, 5.74) is 1.36. The van der Waals surface area contributed by atoms with Crippen LogP contribution in [0.2, 0.25) is 0 Å². The molecule has 0 atom stereocenters. The lowest BCUT2D eigenvalue weighted by Gasteiger charge is -2.19. The minimum Gasteiger partial charge on any atom is -0.497 e. The smallest absolute Gasteiger partial charge is 0.229 e. The van der Waals surface area contributed by atoms with E-state index in [2.05, 4.69) is 5.32 Å². The van der Waals surface area contributed by atoms with Crippen LogP contribution in [0.15, 0.2) is 18.2 Å². The van der Waals surface area contributed by atoms with Crippen LogP contribution in [0.4, 0.5) is 5.69 Å². The first-order valence-electron chi connectivity index (χ1n) is 5.31. The van der Waals surface area contributed by atoms with Gasteiger partial charge in [-0.05, 0) is 17.6 Å². The molecule has 1 rings (SSSR count). The van der Waals surface area contributed by atoms with Crippen LogP contribution >= 0.6 is 0 Å². The Balaban J connectivity index is 2.94. The molecular weight excluding hydrogens is 201 g/mol. The number of benzene rings is 1. The normalized spacial score (nSPS) is 11.0. The Morgan fingerprint density at radius 2 is 2.00 bits per heavy atom. The molecule has 0 aliphatic heterocycles. The predicted octanol–water partition coefficient (Wildman–Crippen LogP) is 0.938. The second-order valence-corrected chi connectivity index (χ2v) is 4.84. The van der Waals surface area contributed by atoms with Crippen LogP contribution in [-0.4, -0.2) is 20.9 Å². The van der Waals surface area contributed by atoms with Crippen LogP contribution < -0.4 is 15.5 Å². The van der Waals surface area contributed by atoms with Gasteiger partial charge in [0.2, 0.25) is 5.91 Å². The summed E-state index contributed by atoms with van der Waals surface area (Å²) in [5, 5.41) is 2.91. The highest BCUT2D eigenvalue weighted by Crippen LogP contribution is 2.18. The number of ether oxygens (including phenoxy) is 1. The number of amides is 1. The molecule has 0 radical (unpaired) electrons. The van der Waals surface area contributed by atoms with E-state index in [9.17, 15) is 4.79 Å². The predicted molar refractivity (Wildman–Crippen MR) is 69.3 cm³/mol. The number of methoxy groups -OCH3 is 1. The van der Waals surface area contributed by atoms with Gasteiger partial charge in [-0.2, -0.15) is 0 Å². The van der Waals surface area contributed by atoms with E-state index >= 15 is 0 Å². The van der Waals surface area contributed by atoms with Gasteiger partial charge >= 0.3 is 0 Å². The quantitative estimate of drug-likeness (QED) is 0.751. The standard InChI is InChI=1S/C12H18BNO2/c1-12(2,3)11(15)14-8-6-5-7-9(16-4)10(8)13/h5-7H,13H2,1-4H3,(H,14,15). The Hall–Kier alpha value is -1.45. The molecule has 0 saturated heterocycles. The zero-order valence-electron chi connectivity index (χ0n) is 10.5. The first-order valence-corrected chi connectivity index (χ1v) is 5.31. The third-order valence-corrected chi connectivity index (χ3v) is 2.43. The molecule has 0 aliphatic rings. The molecule has 1 amide bonds. The molecule has 0 bridgehead atoms. The average molecular weight is 219 g/mol. The van der Waals surface area contributed by atoms with Crippen molar-refractivity contribution in [1.82, 2.24) is 0 Å².